The van der Waals surface area contributed by atoms with Crippen LogP contribution in [0, 0.1) is 18.3 Å². The Hall–Kier alpha value is -2.19. The van der Waals surface area contributed by atoms with Crippen LogP contribution in [-0.2, 0) is 0 Å². The number of nitrogens with zero attached hydrogens (tertiary/aromatic N) is 1. The molecule has 5 heteroatoms. The van der Waals surface area contributed by atoms with Crippen LogP contribution in [0.5, 0.6) is 11.5 Å². The molecule has 0 aromatic heterocycles. The van der Waals surface area contributed by atoms with E-state index in [1.807, 2.05) is 31.2 Å². The highest BCUT2D eigenvalue weighted by molar-refractivity contribution is 9.10. The van der Waals surface area contributed by atoms with E-state index in [-0.39, 0.29) is 5.75 Å². The third-order valence-corrected chi connectivity index (χ3v) is 3.70. The van der Waals surface area contributed by atoms with Gasteiger partial charge in [0.1, 0.15) is 6.04 Å². The molecule has 21 heavy (non-hydrogen) atoms. The second-order valence-electron chi connectivity index (χ2n) is 4.63. The summed E-state index contributed by atoms with van der Waals surface area (Å²) in [5.41, 5.74) is 2.72. The average molecular weight is 347 g/mol. The number of nitriles is 1. The van der Waals surface area contributed by atoms with Crippen LogP contribution in [-0.4, -0.2) is 12.2 Å². The van der Waals surface area contributed by atoms with Gasteiger partial charge in [-0.1, -0.05) is 17.7 Å². The Kier molecular flexibility index (Phi) is 4.71. The fourth-order valence-corrected chi connectivity index (χ4v) is 2.38. The van der Waals surface area contributed by atoms with Crippen LogP contribution in [0.2, 0.25) is 0 Å². The van der Waals surface area contributed by atoms with Gasteiger partial charge in [-0.15, -0.1) is 0 Å². The molecule has 0 saturated heterocycles. The van der Waals surface area contributed by atoms with Gasteiger partial charge in [0.25, 0.3) is 0 Å². The van der Waals surface area contributed by atoms with Crippen LogP contribution in [0.1, 0.15) is 17.2 Å². The molecule has 0 bridgehead atoms. The van der Waals surface area contributed by atoms with E-state index in [4.69, 9.17) is 4.74 Å². The first kappa shape index (κ1) is 15.2. The summed E-state index contributed by atoms with van der Waals surface area (Å²) in [6.07, 6.45) is 0. The third kappa shape index (κ3) is 3.47. The van der Waals surface area contributed by atoms with Crippen molar-refractivity contribution in [3.05, 3.63) is 52.0 Å². The lowest BCUT2D eigenvalue weighted by atomic mass is 10.1. The summed E-state index contributed by atoms with van der Waals surface area (Å²) < 4.78 is 5.60. The van der Waals surface area contributed by atoms with Crippen molar-refractivity contribution < 1.29 is 9.84 Å². The minimum absolute atomic E-state index is 0.0216. The molecule has 0 spiro atoms. The van der Waals surface area contributed by atoms with Crippen LogP contribution in [0.15, 0.2) is 40.9 Å². The summed E-state index contributed by atoms with van der Waals surface area (Å²) in [7, 11) is 1.47. The molecule has 0 radical (unpaired) electrons. The molecule has 0 aliphatic rings. The van der Waals surface area contributed by atoms with Crippen molar-refractivity contribution in [3.8, 4) is 17.6 Å². The van der Waals surface area contributed by atoms with Crippen molar-refractivity contribution in [2.24, 2.45) is 0 Å². The lowest BCUT2D eigenvalue weighted by Crippen LogP contribution is -2.08. The predicted octanol–water partition coefficient (Wildman–Crippen LogP) is 4.15. The summed E-state index contributed by atoms with van der Waals surface area (Å²) in [5, 5.41) is 22.4. The number of anilines is 1. The molecule has 2 aromatic carbocycles. The lowest BCUT2D eigenvalue weighted by Gasteiger charge is -2.16. The molecule has 0 heterocycles. The van der Waals surface area contributed by atoms with Crippen LogP contribution in [0.4, 0.5) is 5.69 Å². The first-order valence-corrected chi connectivity index (χ1v) is 7.13. The van der Waals surface area contributed by atoms with Gasteiger partial charge in [-0.25, -0.2) is 0 Å². The monoisotopic (exact) mass is 346 g/mol. The number of ether oxygens (including phenoxy) is 1. The average Bonchev–Trinajstić information content (AvgIpc) is 2.49. The molecule has 0 aliphatic heterocycles. The van der Waals surface area contributed by atoms with Crippen LogP contribution in [0.3, 0.4) is 0 Å². The number of halogens is 1. The molecule has 1 atom stereocenters. The van der Waals surface area contributed by atoms with E-state index in [0.29, 0.717) is 15.8 Å². The minimum atomic E-state index is -0.543. The number of phenolic OH excluding ortho intramolecular Hbond substituents is 1. The SMILES string of the molecule is COc1cc(C(C#N)Nc2ccc(C)cc2)cc(Br)c1O. The maximum Gasteiger partial charge on any atom is 0.172 e. The molecule has 0 aliphatic carbocycles. The van der Waals surface area contributed by atoms with Gasteiger partial charge in [0, 0.05) is 5.69 Å². The van der Waals surface area contributed by atoms with E-state index >= 15 is 0 Å². The summed E-state index contributed by atoms with van der Waals surface area (Å²) in [4.78, 5) is 0. The van der Waals surface area contributed by atoms with Gasteiger partial charge < -0.3 is 15.2 Å². The summed E-state index contributed by atoms with van der Waals surface area (Å²) in [6, 6.07) is 12.8. The molecule has 0 amide bonds. The Morgan fingerprint density at radius 3 is 2.52 bits per heavy atom. The highest BCUT2D eigenvalue weighted by atomic mass is 79.9. The zero-order chi connectivity index (χ0) is 15.4. The summed E-state index contributed by atoms with van der Waals surface area (Å²) in [6.45, 7) is 2.01. The first-order valence-electron chi connectivity index (χ1n) is 6.34. The molecule has 1 unspecified atom stereocenters. The number of aromatic hydroxyl groups is 1. The predicted molar refractivity (Wildman–Crippen MR) is 85.5 cm³/mol. The Morgan fingerprint density at radius 2 is 1.95 bits per heavy atom. The zero-order valence-electron chi connectivity index (χ0n) is 11.7. The molecular weight excluding hydrogens is 332 g/mol. The molecule has 0 saturated carbocycles. The molecule has 0 fully saturated rings. The number of aryl methyl sites for hydroxylation is 1. The number of benzene rings is 2. The van der Waals surface area contributed by atoms with E-state index in [1.54, 1.807) is 12.1 Å². The van der Waals surface area contributed by atoms with Crippen molar-refractivity contribution in [2.75, 3.05) is 12.4 Å². The Labute approximate surface area is 132 Å². The number of phenols is 1. The topological polar surface area (TPSA) is 65.3 Å². The van der Waals surface area contributed by atoms with Crippen molar-refractivity contribution in [3.63, 3.8) is 0 Å². The Bertz CT molecular complexity index is 678. The minimum Gasteiger partial charge on any atom is -0.503 e. The van der Waals surface area contributed by atoms with E-state index in [0.717, 1.165) is 11.3 Å². The largest absolute Gasteiger partial charge is 0.503 e. The van der Waals surface area contributed by atoms with E-state index in [2.05, 4.69) is 27.3 Å². The second kappa shape index (κ2) is 6.51. The number of hydrogen-bond acceptors (Lipinski definition) is 4. The van der Waals surface area contributed by atoms with Gasteiger partial charge in [-0.05, 0) is 52.7 Å². The molecule has 4 nitrogen and oxygen atoms in total. The highest BCUT2D eigenvalue weighted by Gasteiger charge is 2.16. The van der Waals surface area contributed by atoms with Crippen LogP contribution >= 0.6 is 15.9 Å². The summed E-state index contributed by atoms with van der Waals surface area (Å²) in [5.74, 6) is 0.346. The normalized spacial score (nSPS) is 11.5. The van der Waals surface area contributed by atoms with Gasteiger partial charge in [0.15, 0.2) is 11.5 Å². The van der Waals surface area contributed by atoms with E-state index in [9.17, 15) is 10.4 Å². The molecular formula is C16H15BrN2O2. The lowest BCUT2D eigenvalue weighted by molar-refractivity contribution is 0.371. The standard InChI is InChI=1S/C16H15BrN2O2/c1-10-3-5-12(6-4-10)19-14(9-18)11-7-13(17)16(20)15(8-11)21-2/h3-8,14,19-20H,1-2H3. The van der Waals surface area contributed by atoms with E-state index in [1.165, 1.54) is 7.11 Å². The number of hydrogen-bond donors (Lipinski definition) is 2. The van der Waals surface area contributed by atoms with Crippen molar-refractivity contribution >= 4 is 21.6 Å². The zero-order valence-corrected chi connectivity index (χ0v) is 13.3. The van der Waals surface area contributed by atoms with Crippen molar-refractivity contribution in [1.29, 1.82) is 5.26 Å². The van der Waals surface area contributed by atoms with Gasteiger partial charge in [-0.3, -0.25) is 0 Å². The highest BCUT2D eigenvalue weighted by Crippen LogP contribution is 2.37. The van der Waals surface area contributed by atoms with Crippen LogP contribution in [0.25, 0.3) is 0 Å². The Balaban J connectivity index is 2.31. The Morgan fingerprint density at radius 1 is 1.29 bits per heavy atom. The molecule has 2 rings (SSSR count). The summed E-state index contributed by atoms with van der Waals surface area (Å²) >= 11 is 3.26. The van der Waals surface area contributed by atoms with Crippen molar-refractivity contribution in [1.82, 2.24) is 0 Å². The quantitative estimate of drug-likeness (QED) is 0.872. The number of rotatable bonds is 4. The van der Waals surface area contributed by atoms with Gasteiger partial charge in [0.05, 0.1) is 17.7 Å². The molecule has 2 N–H and O–H groups in total. The van der Waals surface area contributed by atoms with Crippen LogP contribution < -0.4 is 10.1 Å². The van der Waals surface area contributed by atoms with Gasteiger partial charge >= 0.3 is 0 Å². The van der Waals surface area contributed by atoms with Crippen molar-refractivity contribution in [2.45, 2.75) is 13.0 Å². The fraction of sp³-hybridized carbons (Fsp3) is 0.188. The maximum absolute atomic E-state index is 9.82. The molecule has 2 aromatic rings. The van der Waals surface area contributed by atoms with Gasteiger partial charge in [-0.2, -0.15) is 5.26 Å². The first-order chi connectivity index (χ1) is 10.0. The van der Waals surface area contributed by atoms with Gasteiger partial charge in [0.2, 0.25) is 0 Å². The van der Waals surface area contributed by atoms with E-state index < -0.39 is 6.04 Å². The number of nitrogens with one attached hydrogen (secondary N) is 1. The second-order valence-corrected chi connectivity index (χ2v) is 5.48. The number of methoxy groups -OCH3 is 1. The maximum atomic E-state index is 9.82. The third-order valence-electron chi connectivity index (χ3n) is 3.10. The smallest absolute Gasteiger partial charge is 0.172 e. The fourth-order valence-electron chi connectivity index (χ4n) is 1.92. The molecule has 108 valence electrons.